The summed E-state index contributed by atoms with van der Waals surface area (Å²) < 4.78 is 18.5. The third kappa shape index (κ3) is 4.28. The number of aliphatic hydroxyl groups is 2. The van der Waals surface area contributed by atoms with E-state index >= 15 is 0 Å². The molecule has 2 unspecified atom stereocenters. The number of carbonyl (C=O) groups is 1. The van der Waals surface area contributed by atoms with E-state index in [2.05, 4.69) is 22.4 Å². The van der Waals surface area contributed by atoms with E-state index in [-0.39, 0.29) is 24.8 Å². The lowest BCUT2D eigenvalue weighted by molar-refractivity contribution is 0.0179. The number of aliphatic hydroxyl groups excluding tert-OH is 2. The molecule has 2 atom stereocenters. The first-order valence-electron chi connectivity index (χ1n) is 10.0. The summed E-state index contributed by atoms with van der Waals surface area (Å²) in [7, 11) is 0. The highest BCUT2D eigenvalue weighted by Gasteiger charge is 2.29. The number of nitrogens with zero attached hydrogens (tertiary/aromatic N) is 1. The van der Waals surface area contributed by atoms with E-state index in [4.69, 9.17) is 4.74 Å². The molecule has 1 aromatic heterocycles. The van der Waals surface area contributed by atoms with Gasteiger partial charge >= 0.3 is 6.09 Å². The first-order chi connectivity index (χ1) is 15.0. The van der Waals surface area contributed by atoms with Crippen molar-refractivity contribution in [3.8, 4) is 11.1 Å². The second-order valence-electron chi connectivity index (χ2n) is 7.53. The van der Waals surface area contributed by atoms with Crippen LogP contribution in [0.4, 0.5) is 9.18 Å². The van der Waals surface area contributed by atoms with Crippen molar-refractivity contribution >= 4 is 6.09 Å². The van der Waals surface area contributed by atoms with Gasteiger partial charge in [0.2, 0.25) is 5.95 Å². The molecule has 0 bridgehead atoms. The Morgan fingerprint density at radius 3 is 2.29 bits per heavy atom. The lowest BCUT2D eigenvalue weighted by Crippen LogP contribution is -2.36. The molecule has 4 rings (SSSR count). The molecule has 0 aliphatic heterocycles. The van der Waals surface area contributed by atoms with E-state index in [1.54, 1.807) is 0 Å². The number of ether oxygens (including phenoxy) is 1. The standard InChI is InChI=1S/C24H23FN2O4/c1-14-15(10-11-22(25)27-14)23(29)21(28)12-26-24(30)31-13-20-18-8-4-2-6-16(18)17-7-3-5-9-19(17)20/h2-11,20-21,23,28-29H,12-13H2,1H3,(H,26,30). The number of halogens is 1. The van der Waals surface area contributed by atoms with Crippen molar-refractivity contribution in [1.29, 1.82) is 0 Å². The van der Waals surface area contributed by atoms with Gasteiger partial charge in [-0.05, 0) is 41.3 Å². The number of alkyl carbamates (subject to hydrolysis) is 1. The van der Waals surface area contributed by atoms with Crippen LogP contribution in [0.2, 0.25) is 0 Å². The highest BCUT2D eigenvalue weighted by molar-refractivity contribution is 5.79. The Hall–Kier alpha value is -3.29. The van der Waals surface area contributed by atoms with Gasteiger partial charge in [-0.3, -0.25) is 0 Å². The lowest BCUT2D eigenvalue weighted by atomic mass is 9.98. The molecule has 1 heterocycles. The number of hydrogen-bond acceptors (Lipinski definition) is 5. The van der Waals surface area contributed by atoms with Crippen LogP contribution in [0.3, 0.4) is 0 Å². The van der Waals surface area contributed by atoms with Gasteiger partial charge in [-0.2, -0.15) is 4.39 Å². The third-order valence-electron chi connectivity index (χ3n) is 5.58. The molecule has 0 radical (unpaired) electrons. The quantitative estimate of drug-likeness (QED) is 0.529. The highest BCUT2D eigenvalue weighted by atomic mass is 19.1. The van der Waals surface area contributed by atoms with Crippen LogP contribution in [0.15, 0.2) is 60.7 Å². The fraction of sp³-hybridized carbons (Fsp3) is 0.250. The van der Waals surface area contributed by atoms with Crippen molar-refractivity contribution in [1.82, 2.24) is 10.3 Å². The molecule has 3 N–H and O–H groups in total. The summed E-state index contributed by atoms with van der Waals surface area (Å²) in [6.45, 7) is 1.46. The van der Waals surface area contributed by atoms with Crippen molar-refractivity contribution in [2.75, 3.05) is 13.2 Å². The van der Waals surface area contributed by atoms with E-state index in [1.165, 1.54) is 13.0 Å². The Kier molecular flexibility index (Phi) is 5.97. The number of benzene rings is 2. The molecule has 0 spiro atoms. The van der Waals surface area contributed by atoms with Crippen molar-refractivity contribution in [3.05, 3.63) is 89.0 Å². The topological polar surface area (TPSA) is 91.7 Å². The number of hydrogen-bond donors (Lipinski definition) is 3. The fourth-order valence-electron chi connectivity index (χ4n) is 4.01. The molecule has 0 fully saturated rings. The van der Waals surface area contributed by atoms with Gasteiger partial charge in [-0.1, -0.05) is 48.5 Å². The maximum absolute atomic E-state index is 13.1. The minimum Gasteiger partial charge on any atom is -0.449 e. The molecule has 6 nitrogen and oxygen atoms in total. The number of aryl methyl sites for hydroxylation is 1. The molecule has 2 aromatic carbocycles. The predicted octanol–water partition coefficient (Wildman–Crippen LogP) is 3.46. The van der Waals surface area contributed by atoms with Crippen LogP contribution < -0.4 is 5.32 Å². The normalized spacial score (nSPS) is 14.5. The lowest BCUT2D eigenvalue weighted by Gasteiger charge is -2.20. The average molecular weight is 422 g/mol. The van der Waals surface area contributed by atoms with E-state index in [9.17, 15) is 19.4 Å². The summed E-state index contributed by atoms with van der Waals surface area (Å²) in [5.41, 5.74) is 5.04. The van der Waals surface area contributed by atoms with Crippen molar-refractivity contribution in [3.63, 3.8) is 0 Å². The maximum atomic E-state index is 13.1. The smallest absolute Gasteiger partial charge is 0.407 e. The van der Waals surface area contributed by atoms with Crippen molar-refractivity contribution in [2.45, 2.75) is 25.0 Å². The SMILES string of the molecule is Cc1nc(F)ccc1C(O)C(O)CNC(=O)OCC1c2ccccc2-c2ccccc21. The predicted molar refractivity (Wildman–Crippen MR) is 113 cm³/mol. The number of carbonyl (C=O) groups excluding carboxylic acids is 1. The maximum Gasteiger partial charge on any atom is 0.407 e. The summed E-state index contributed by atoms with van der Waals surface area (Å²) in [4.78, 5) is 15.8. The first-order valence-corrected chi connectivity index (χ1v) is 10.0. The third-order valence-corrected chi connectivity index (χ3v) is 5.58. The van der Waals surface area contributed by atoms with Crippen LogP contribution in [0.5, 0.6) is 0 Å². The zero-order valence-electron chi connectivity index (χ0n) is 17.0. The van der Waals surface area contributed by atoms with Crippen LogP contribution in [0.1, 0.15) is 34.4 Å². The Morgan fingerprint density at radius 1 is 1.06 bits per heavy atom. The second kappa shape index (κ2) is 8.83. The summed E-state index contributed by atoms with van der Waals surface area (Å²) in [5.74, 6) is -0.735. The van der Waals surface area contributed by atoms with Crippen LogP contribution in [-0.4, -0.2) is 40.5 Å². The van der Waals surface area contributed by atoms with Gasteiger partial charge < -0.3 is 20.3 Å². The van der Waals surface area contributed by atoms with Gasteiger partial charge in [0.25, 0.3) is 0 Å². The molecule has 160 valence electrons. The fourth-order valence-corrected chi connectivity index (χ4v) is 4.01. The summed E-state index contributed by atoms with van der Waals surface area (Å²) in [6.07, 6.45) is -3.31. The van der Waals surface area contributed by atoms with Crippen LogP contribution >= 0.6 is 0 Å². The molecule has 1 aliphatic carbocycles. The molecular weight excluding hydrogens is 399 g/mol. The number of fused-ring (bicyclic) bond motifs is 3. The molecule has 31 heavy (non-hydrogen) atoms. The second-order valence-corrected chi connectivity index (χ2v) is 7.53. The molecule has 1 amide bonds. The molecule has 1 aliphatic rings. The summed E-state index contributed by atoms with van der Waals surface area (Å²) in [6, 6.07) is 18.5. The van der Waals surface area contributed by atoms with Crippen molar-refractivity contribution < 1.29 is 24.1 Å². The molecule has 0 saturated carbocycles. The Balaban J connectivity index is 1.35. The summed E-state index contributed by atoms with van der Waals surface area (Å²) in [5, 5.41) is 23.0. The monoisotopic (exact) mass is 422 g/mol. The number of nitrogens with one attached hydrogen (secondary N) is 1. The Bertz CT molecular complexity index is 1060. The van der Waals surface area contributed by atoms with Crippen LogP contribution in [-0.2, 0) is 4.74 Å². The number of pyridine rings is 1. The first kappa shape index (κ1) is 21.0. The van der Waals surface area contributed by atoms with E-state index in [0.717, 1.165) is 28.3 Å². The van der Waals surface area contributed by atoms with Crippen LogP contribution in [0, 0.1) is 12.9 Å². The van der Waals surface area contributed by atoms with Gasteiger partial charge in [0.1, 0.15) is 18.8 Å². The van der Waals surface area contributed by atoms with Gasteiger partial charge in [-0.15, -0.1) is 0 Å². The minimum atomic E-state index is -1.32. The van der Waals surface area contributed by atoms with Gasteiger partial charge in [0.05, 0.1) is 0 Å². The number of rotatable bonds is 6. The Morgan fingerprint density at radius 2 is 1.68 bits per heavy atom. The summed E-state index contributed by atoms with van der Waals surface area (Å²) >= 11 is 0. The zero-order valence-corrected chi connectivity index (χ0v) is 17.0. The highest BCUT2D eigenvalue weighted by Crippen LogP contribution is 2.44. The van der Waals surface area contributed by atoms with E-state index in [1.807, 2.05) is 36.4 Å². The largest absolute Gasteiger partial charge is 0.449 e. The Labute approximate surface area is 179 Å². The van der Waals surface area contributed by atoms with E-state index in [0.29, 0.717) is 5.56 Å². The van der Waals surface area contributed by atoms with Gasteiger partial charge in [0.15, 0.2) is 0 Å². The van der Waals surface area contributed by atoms with E-state index < -0.39 is 24.2 Å². The average Bonchev–Trinajstić information content (AvgIpc) is 3.09. The van der Waals surface area contributed by atoms with Crippen molar-refractivity contribution in [2.24, 2.45) is 0 Å². The minimum absolute atomic E-state index is 0.0680. The number of amides is 1. The number of aromatic nitrogens is 1. The van der Waals surface area contributed by atoms with Crippen LogP contribution in [0.25, 0.3) is 11.1 Å². The molecule has 0 saturated heterocycles. The molecular formula is C24H23FN2O4. The zero-order chi connectivity index (χ0) is 22.0. The van der Waals surface area contributed by atoms with Gasteiger partial charge in [-0.25, -0.2) is 9.78 Å². The van der Waals surface area contributed by atoms with Gasteiger partial charge in [0, 0.05) is 23.7 Å². The molecule has 3 aromatic rings. The molecule has 7 heteroatoms.